The number of nitriles is 1. The van der Waals surface area contributed by atoms with E-state index in [1.54, 1.807) is 11.3 Å². The summed E-state index contributed by atoms with van der Waals surface area (Å²) >= 11 is 3.22. The minimum Gasteiger partial charge on any atom is -0.365 e. The first-order valence-corrected chi connectivity index (χ1v) is 13.9. The molecule has 2 fully saturated rings. The van der Waals surface area contributed by atoms with Crippen molar-refractivity contribution in [1.29, 1.82) is 5.26 Å². The maximum Gasteiger partial charge on any atom is 0.258 e. The van der Waals surface area contributed by atoms with E-state index in [-0.39, 0.29) is 12.1 Å². The van der Waals surface area contributed by atoms with Gasteiger partial charge in [-0.3, -0.25) is 4.79 Å². The molecule has 0 radical (unpaired) electrons. The molecule has 4 heterocycles. The zero-order valence-corrected chi connectivity index (χ0v) is 21.7. The molecule has 3 aromatic heterocycles. The van der Waals surface area contributed by atoms with Crippen LogP contribution in [0.5, 0.6) is 0 Å². The number of nitrogens with zero attached hydrogens (tertiary/aromatic N) is 5. The standard InChI is InChI=1S/C25H28N8OS2/c1-13(28-12-14(2)33-16(11-26)7-15-8-19(15)33)10-25(24-29-31-32-30-24)17-5-6-35-20(17)3-4-21-18(25)9-22(36-21)23(27)34/h5-6,9,13,15-16,19,28H,2-4,7-8,10,12H2,1H3,(H2,27,34)(H,29,30,31,32)/t13-,15-,16?,19+,25?/m1/s1. The van der Waals surface area contributed by atoms with Gasteiger partial charge in [0.25, 0.3) is 5.91 Å². The lowest BCUT2D eigenvalue weighted by Crippen LogP contribution is -2.42. The highest BCUT2D eigenvalue weighted by Crippen LogP contribution is 2.51. The van der Waals surface area contributed by atoms with Crippen molar-refractivity contribution in [3.8, 4) is 6.07 Å². The molecule has 2 unspecified atom stereocenters. The molecule has 1 aliphatic heterocycles. The third-order valence-electron chi connectivity index (χ3n) is 7.91. The number of likely N-dealkylation sites (tertiary alicyclic amines) is 1. The van der Waals surface area contributed by atoms with Crippen molar-refractivity contribution >= 4 is 28.6 Å². The first-order chi connectivity index (χ1) is 17.4. The van der Waals surface area contributed by atoms with Gasteiger partial charge in [0.2, 0.25) is 0 Å². The van der Waals surface area contributed by atoms with Crippen LogP contribution in [-0.2, 0) is 18.3 Å². The quantitative estimate of drug-likeness (QED) is 0.415. The lowest BCUT2D eigenvalue weighted by Gasteiger charge is -2.35. The van der Waals surface area contributed by atoms with E-state index in [9.17, 15) is 10.1 Å². The number of aryl methyl sites for hydroxylation is 2. The molecule has 36 heavy (non-hydrogen) atoms. The SMILES string of the molecule is C=C(CN[C@H](C)CC1(c2nn[nH]n2)c2ccsc2CCc2sc(C(N)=O)cc21)N1C(C#N)C[C@@H]2C[C@@H]21. The summed E-state index contributed by atoms with van der Waals surface area (Å²) in [6.45, 7) is 7.08. The van der Waals surface area contributed by atoms with Crippen molar-refractivity contribution in [3.05, 3.63) is 61.4 Å². The number of tetrazole rings is 1. The molecule has 11 heteroatoms. The van der Waals surface area contributed by atoms with Crippen molar-refractivity contribution in [2.75, 3.05) is 6.54 Å². The van der Waals surface area contributed by atoms with Crippen molar-refractivity contribution in [2.24, 2.45) is 11.7 Å². The molecule has 186 valence electrons. The molecule has 2 aliphatic carbocycles. The molecule has 3 aliphatic rings. The molecule has 9 nitrogen and oxygen atoms in total. The number of primary amides is 1. The topological polar surface area (TPSA) is 137 Å². The summed E-state index contributed by atoms with van der Waals surface area (Å²) in [4.78, 5) is 17.4. The predicted octanol–water partition coefficient (Wildman–Crippen LogP) is 2.72. The average Bonchev–Trinajstić information content (AvgIpc) is 3.39. The Hall–Kier alpha value is -3.07. The second-order valence-corrected chi connectivity index (χ2v) is 12.3. The fourth-order valence-corrected chi connectivity index (χ4v) is 8.27. The second kappa shape index (κ2) is 8.80. The van der Waals surface area contributed by atoms with Crippen LogP contribution in [0.15, 0.2) is 29.8 Å². The molecule has 1 saturated carbocycles. The lowest BCUT2D eigenvalue weighted by molar-refractivity contribution is 0.100. The van der Waals surface area contributed by atoms with Crippen LogP contribution in [0.2, 0.25) is 0 Å². The number of carbonyl (C=O) groups excluding carboxylic acids is 1. The normalized spacial score (nSPS) is 26.9. The van der Waals surface area contributed by atoms with E-state index in [2.05, 4.69) is 61.9 Å². The van der Waals surface area contributed by atoms with Gasteiger partial charge in [-0.2, -0.15) is 10.5 Å². The number of fused-ring (bicyclic) bond motifs is 3. The van der Waals surface area contributed by atoms with Crippen LogP contribution >= 0.6 is 22.7 Å². The van der Waals surface area contributed by atoms with Crippen LogP contribution in [-0.4, -0.2) is 56.1 Å². The van der Waals surface area contributed by atoms with Gasteiger partial charge in [0, 0.05) is 34.1 Å². The van der Waals surface area contributed by atoms with Crippen LogP contribution in [0, 0.1) is 17.2 Å². The van der Waals surface area contributed by atoms with Gasteiger partial charge >= 0.3 is 0 Å². The summed E-state index contributed by atoms with van der Waals surface area (Å²) in [5.41, 5.74) is 8.20. The van der Waals surface area contributed by atoms with Gasteiger partial charge in [-0.1, -0.05) is 11.8 Å². The van der Waals surface area contributed by atoms with Crippen LogP contribution in [0.4, 0.5) is 0 Å². The maximum atomic E-state index is 12.1. The van der Waals surface area contributed by atoms with Gasteiger partial charge < -0.3 is 16.0 Å². The molecule has 4 N–H and O–H groups in total. The zero-order chi connectivity index (χ0) is 25.0. The van der Waals surface area contributed by atoms with Gasteiger partial charge in [-0.05, 0) is 73.6 Å². The molecule has 1 amide bonds. The van der Waals surface area contributed by atoms with Gasteiger partial charge in [-0.25, -0.2) is 0 Å². The highest BCUT2D eigenvalue weighted by molar-refractivity contribution is 7.14. The minimum absolute atomic E-state index is 0.0500. The Kier molecular flexibility index (Phi) is 5.70. The molecule has 1 saturated heterocycles. The molecule has 6 rings (SSSR count). The first-order valence-electron chi connectivity index (χ1n) is 12.2. The molecule has 0 aromatic carbocycles. The fraction of sp³-hybridized carbons (Fsp3) is 0.480. The van der Waals surface area contributed by atoms with Gasteiger partial charge in [0.1, 0.15) is 6.04 Å². The van der Waals surface area contributed by atoms with Crippen LogP contribution in [0.25, 0.3) is 0 Å². The van der Waals surface area contributed by atoms with E-state index in [0.29, 0.717) is 35.6 Å². The van der Waals surface area contributed by atoms with E-state index in [1.165, 1.54) is 21.8 Å². The number of hydrogen-bond donors (Lipinski definition) is 3. The van der Waals surface area contributed by atoms with Crippen molar-refractivity contribution in [1.82, 2.24) is 30.8 Å². The van der Waals surface area contributed by atoms with E-state index in [0.717, 1.165) is 41.8 Å². The van der Waals surface area contributed by atoms with E-state index in [4.69, 9.17) is 5.73 Å². The fourth-order valence-electron chi connectivity index (χ4n) is 6.22. The molecular formula is C25H28N8OS2. The Morgan fingerprint density at radius 1 is 1.42 bits per heavy atom. The molecular weight excluding hydrogens is 492 g/mol. The van der Waals surface area contributed by atoms with Gasteiger partial charge in [0.05, 0.1) is 16.4 Å². The first kappa shape index (κ1) is 23.3. The van der Waals surface area contributed by atoms with Crippen LogP contribution < -0.4 is 11.1 Å². The Bertz CT molecular complexity index is 1350. The Morgan fingerprint density at radius 2 is 2.25 bits per heavy atom. The molecule has 5 atom stereocenters. The highest BCUT2D eigenvalue weighted by atomic mass is 32.1. The highest BCUT2D eigenvalue weighted by Gasteiger charge is 2.52. The van der Waals surface area contributed by atoms with Gasteiger partial charge in [-0.15, -0.1) is 32.9 Å². The Morgan fingerprint density at radius 3 is 3.00 bits per heavy atom. The summed E-state index contributed by atoms with van der Waals surface area (Å²) in [6, 6.07) is 7.00. The largest absolute Gasteiger partial charge is 0.365 e. The number of thiophene rings is 2. The Balaban J connectivity index is 1.33. The number of rotatable bonds is 8. The summed E-state index contributed by atoms with van der Waals surface area (Å²) in [7, 11) is 0. The van der Waals surface area contributed by atoms with Crippen LogP contribution in [0.3, 0.4) is 0 Å². The maximum absolute atomic E-state index is 12.1. The number of nitrogens with one attached hydrogen (secondary N) is 2. The summed E-state index contributed by atoms with van der Waals surface area (Å²) in [6.07, 6.45) is 4.51. The van der Waals surface area contributed by atoms with Crippen LogP contribution in [0.1, 0.15) is 62.6 Å². The number of amides is 1. The number of nitrogens with two attached hydrogens (primary N) is 1. The molecule has 3 aromatic rings. The number of hydrogen-bond acceptors (Lipinski definition) is 9. The number of aromatic nitrogens is 4. The summed E-state index contributed by atoms with van der Waals surface area (Å²) in [5, 5.41) is 30.9. The third-order valence-corrected chi connectivity index (χ3v) is 10.1. The number of aromatic amines is 1. The lowest BCUT2D eigenvalue weighted by atomic mass is 9.70. The van der Waals surface area contributed by atoms with E-state index >= 15 is 0 Å². The molecule has 0 spiro atoms. The average molecular weight is 521 g/mol. The van der Waals surface area contributed by atoms with E-state index < -0.39 is 11.3 Å². The van der Waals surface area contributed by atoms with Crippen molar-refractivity contribution < 1.29 is 4.79 Å². The second-order valence-electron chi connectivity index (χ2n) is 10.1. The molecule has 0 bridgehead atoms. The monoisotopic (exact) mass is 520 g/mol. The smallest absolute Gasteiger partial charge is 0.258 e. The Labute approximate surface area is 217 Å². The summed E-state index contributed by atoms with van der Waals surface area (Å²) < 4.78 is 0. The van der Waals surface area contributed by atoms with Crippen molar-refractivity contribution in [3.63, 3.8) is 0 Å². The predicted molar refractivity (Wildman–Crippen MR) is 138 cm³/mol. The number of carbonyl (C=O) groups is 1. The number of H-pyrrole nitrogens is 1. The summed E-state index contributed by atoms with van der Waals surface area (Å²) in [5.74, 6) is 0.820. The van der Waals surface area contributed by atoms with Gasteiger partial charge in [0.15, 0.2) is 5.82 Å². The number of piperidine rings is 1. The third kappa shape index (κ3) is 3.67. The van der Waals surface area contributed by atoms with Crippen molar-refractivity contribution in [2.45, 2.75) is 62.6 Å². The zero-order valence-electron chi connectivity index (χ0n) is 20.0. The van der Waals surface area contributed by atoms with E-state index in [1.807, 2.05) is 6.07 Å². The minimum atomic E-state index is -0.670.